The fraction of sp³-hybridized carbons (Fsp3) is 0.500. The molecule has 0 radical (unpaired) electrons. The molecule has 1 aliphatic heterocycles. The molecule has 1 saturated heterocycles. The van der Waals surface area contributed by atoms with Crippen LogP contribution in [-0.2, 0) is 25.4 Å². The van der Waals surface area contributed by atoms with E-state index >= 15 is 0 Å². The number of carbonyl (C=O) groups is 2. The number of benzene rings is 1. The molecule has 1 aliphatic rings. The number of hydrogen-bond acceptors (Lipinski definition) is 5. The Morgan fingerprint density at radius 1 is 1.24 bits per heavy atom. The summed E-state index contributed by atoms with van der Waals surface area (Å²) in [6.45, 7) is 2.15. The molecule has 2 rings (SSSR count). The van der Waals surface area contributed by atoms with Gasteiger partial charge in [0.1, 0.15) is 0 Å². The molecule has 1 aromatic carbocycles. The molecule has 138 valence electrons. The number of hydrogen-bond donors (Lipinski definition) is 0. The quantitative estimate of drug-likeness (QED) is 0.688. The van der Waals surface area contributed by atoms with Crippen molar-refractivity contribution in [3.8, 4) is 0 Å². The first-order valence-electron chi connectivity index (χ1n) is 7.64. The molecule has 0 saturated carbocycles. The van der Waals surface area contributed by atoms with E-state index < -0.39 is 12.4 Å². The highest BCUT2D eigenvalue weighted by molar-refractivity contribution is 6.39. The van der Waals surface area contributed by atoms with Crippen LogP contribution in [0.25, 0.3) is 0 Å². The molecule has 0 aliphatic carbocycles. The topological polar surface area (TPSA) is 65.1 Å². The Morgan fingerprint density at radius 3 is 2.44 bits per heavy atom. The molecule has 2 unspecified atom stereocenters. The first-order valence-corrected chi connectivity index (χ1v) is 8.78. The van der Waals surface area contributed by atoms with Crippen molar-refractivity contribution in [1.82, 2.24) is 4.90 Å². The molecule has 0 bridgehead atoms. The van der Waals surface area contributed by atoms with Gasteiger partial charge in [-0.05, 0) is 24.6 Å². The first kappa shape index (κ1) is 20.1. The van der Waals surface area contributed by atoms with Crippen LogP contribution in [0.2, 0.25) is 15.1 Å². The Labute approximate surface area is 160 Å². The molecular formula is C16H18Cl3NO5. The van der Waals surface area contributed by atoms with Crippen molar-refractivity contribution >= 4 is 46.9 Å². The smallest absolute Gasteiger partial charge is 0.435 e. The van der Waals surface area contributed by atoms with E-state index in [1.807, 2.05) is 0 Å². The molecule has 1 fully saturated rings. The van der Waals surface area contributed by atoms with Crippen molar-refractivity contribution in [1.29, 1.82) is 0 Å². The number of nitrogens with zero attached hydrogens (tertiary/aromatic N) is 1. The highest BCUT2D eigenvalue weighted by atomic mass is 35.5. The number of likely N-dealkylation sites (tertiary alicyclic amines) is 1. The van der Waals surface area contributed by atoms with Crippen LogP contribution in [-0.4, -0.2) is 49.6 Å². The maximum atomic E-state index is 12.7. The van der Waals surface area contributed by atoms with Gasteiger partial charge in [0.25, 0.3) is 0 Å². The zero-order valence-corrected chi connectivity index (χ0v) is 16.0. The molecule has 0 aromatic heterocycles. The SMILES string of the molecule is CCOC(=O)OC1CC(OC)CN1C(=O)Cc1c(Cl)cc(Cl)cc1Cl. The van der Waals surface area contributed by atoms with Gasteiger partial charge in [0.2, 0.25) is 5.91 Å². The van der Waals surface area contributed by atoms with Gasteiger partial charge in [-0.3, -0.25) is 4.79 Å². The van der Waals surface area contributed by atoms with Crippen molar-refractivity contribution in [2.24, 2.45) is 0 Å². The van der Waals surface area contributed by atoms with Crippen molar-refractivity contribution in [2.45, 2.75) is 32.1 Å². The van der Waals surface area contributed by atoms with Crippen LogP contribution < -0.4 is 0 Å². The number of ether oxygens (including phenoxy) is 3. The average Bonchev–Trinajstić information content (AvgIpc) is 2.93. The lowest BCUT2D eigenvalue weighted by molar-refractivity contribution is -0.138. The lowest BCUT2D eigenvalue weighted by Crippen LogP contribution is -2.39. The molecular weight excluding hydrogens is 393 g/mol. The van der Waals surface area contributed by atoms with E-state index in [2.05, 4.69) is 0 Å². The number of methoxy groups -OCH3 is 1. The van der Waals surface area contributed by atoms with E-state index in [1.54, 1.807) is 6.92 Å². The van der Waals surface area contributed by atoms with Gasteiger partial charge >= 0.3 is 6.16 Å². The summed E-state index contributed by atoms with van der Waals surface area (Å²) in [5.74, 6) is -0.292. The number of rotatable bonds is 5. The molecule has 1 aromatic rings. The molecule has 1 amide bonds. The molecule has 0 N–H and O–H groups in total. The minimum atomic E-state index is -0.829. The van der Waals surface area contributed by atoms with Gasteiger partial charge < -0.3 is 19.1 Å². The molecule has 2 atom stereocenters. The monoisotopic (exact) mass is 409 g/mol. The minimum absolute atomic E-state index is 0.0477. The fourth-order valence-electron chi connectivity index (χ4n) is 2.57. The Bertz CT molecular complexity index is 632. The van der Waals surface area contributed by atoms with E-state index in [0.717, 1.165) is 0 Å². The summed E-state index contributed by atoms with van der Waals surface area (Å²) in [5, 5.41) is 0.989. The van der Waals surface area contributed by atoms with Crippen LogP contribution in [0.4, 0.5) is 4.79 Å². The second kappa shape index (κ2) is 8.94. The summed E-state index contributed by atoms with van der Waals surface area (Å²) in [5.41, 5.74) is 0.466. The average molecular weight is 411 g/mol. The van der Waals surface area contributed by atoms with Gasteiger partial charge in [-0.25, -0.2) is 4.79 Å². The summed E-state index contributed by atoms with van der Waals surface area (Å²) >= 11 is 18.1. The highest BCUT2D eigenvalue weighted by Gasteiger charge is 2.38. The molecule has 0 spiro atoms. The fourth-order valence-corrected chi connectivity index (χ4v) is 3.52. The minimum Gasteiger partial charge on any atom is -0.435 e. The normalized spacial score (nSPS) is 19.8. The van der Waals surface area contributed by atoms with Crippen molar-refractivity contribution < 1.29 is 23.8 Å². The summed E-state index contributed by atoms with van der Waals surface area (Å²) in [7, 11) is 1.53. The van der Waals surface area contributed by atoms with Crippen LogP contribution in [0, 0.1) is 0 Å². The van der Waals surface area contributed by atoms with E-state index in [1.165, 1.54) is 24.1 Å². The van der Waals surface area contributed by atoms with Crippen LogP contribution >= 0.6 is 34.8 Å². The van der Waals surface area contributed by atoms with Gasteiger partial charge in [0.05, 0.1) is 25.7 Å². The number of halogens is 3. The van der Waals surface area contributed by atoms with Crippen LogP contribution in [0.3, 0.4) is 0 Å². The zero-order valence-electron chi connectivity index (χ0n) is 13.8. The van der Waals surface area contributed by atoms with Gasteiger partial charge in [-0.1, -0.05) is 34.8 Å². The van der Waals surface area contributed by atoms with Crippen molar-refractivity contribution in [3.05, 3.63) is 32.8 Å². The third kappa shape index (κ3) is 5.14. The van der Waals surface area contributed by atoms with Gasteiger partial charge in [0.15, 0.2) is 6.23 Å². The summed E-state index contributed by atoms with van der Waals surface area (Å²) in [6, 6.07) is 3.04. The first-order chi connectivity index (χ1) is 11.8. The second-order valence-electron chi connectivity index (χ2n) is 5.42. The number of amides is 1. The van der Waals surface area contributed by atoms with Crippen LogP contribution in [0.1, 0.15) is 18.9 Å². The van der Waals surface area contributed by atoms with Crippen molar-refractivity contribution in [2.75, 3.05) is 20.3 Å². The second-order valence-corrected chi connectivity index (χ2v) is 6.67. The molecule has 25 heavy (non-hydrogen) atoms. The summed E-state index contributed by atoms with van der Waals surface area (Å²) in [4.78, 5) is 25.7. The Morgan fingerprint density at radius 2 is 1.88 bits per heavy atom. The van der Waals surface area contributed by atoms with Gasteiger partial charge in [-0.15, -0.1) is 0 Å². The molecule has 9 heteroatoms. The predicted octanol–water partition coefficient (Wildman–Crippen LogP) is 3.94. The maximum Gasteiger partial charge on any atom is 0.510 e. The standard InChI is InChI=1S/C16H18Cl3NO5/c1-3-24-16(22)25-15-6-10(23-2)8-20(15)14(21)7-11-12(18)4-9(17)5-13(11)19/h4-5,10,15H,3,6-8H2,1-2H3. The molecule has 6 nitrogen and oxygen atoms in total. The predicted molar refractivity (Wildman–Crippen MR) is 94.2 cm³/mol. The van der Waals surface area contributed by atoms with E-state index in [0.29, 0.717) is 33.6 Å². The van der Waals surface area contributed by atoms with Crippen LogP contribution in [0.5, 0.6) is 0 Å². The Balaban J connectivity index is 2.13. The Kier molecular flexibility index (Phi) is 7.19. The highest BCUT2D eigenvalue weighted by Crippen LogP contribution is 2.31. The summed E-state index contributed by atoms with van der Waals surface area (Å²) < 4.78 is 15.3. The third-order valence-electron chi connectivity index (χ3n) is 3.79. The Hall–Kier alpha value is -1.21. The largest absolute Gasteiger partial charge is 0.510 e. The molecule has 1 heterocycles. The maximum absolute atomic E-state index is 12.7. The van der Waals surface area contributed by atoms with E-state index in [-0.39, 0.29) is 25.0 Å². The van der Waals surface area contributed by atoms with Crippen LogP contribution in [0.15, 0.2) is 12.1 Å². The van der Waals surface area contributed by atoms with E-state index in [9.17, 15) is 9.59 Å². The van der Waals surface area contributed by atoms with Gasteiger partial charge in [0, 0.05) is 28.6 Å². The zero-order chi connectivity index (χ0) is 18.6. The van der Waals surface area contributed by atoms with Gasteiger partial charge in [-0.2, -0.15) is 0 Å². The third-order valence-corrected chi connectivity index (χ3v) is 4.69. The lowest BCUT2D eigenvalue weighted by atomic mass is 10.1. The summed E-state index contributed by atoms with van der Waals surface area (Å²) in [6.07, 6.45) is -1.51. The lowest BCUT2D eigenvalue weighted by Gasteiger charge is -2.24. The number of carbonyl (C=O) groups excluding carboxylic acids is 2. The van der Waals surface area contributed by atoms with E-state index in [4.69, 9.17) is 49.0 Å². The van der Waals surface area contributed by atoms with Crippen molar-refractivity contribution in [3.63, 3.8) is 0 Å².